The maximum absolute atomic E-state index is 12.1. The van der Waals surface area contributed by atoms with Gasteiger partial charge in [0.25, 0.3) is 0 Å². The van der Waals surface area contributed by atoms with Gasteiger partial charge in [0.1, 0.15) is 5.54 Å². The number of carboxylic acid groups (broad SMARTS) is 1. The topological polar surface area (TPSA) is 83.5 Å². The minimum Gasteiger partial charge on any atom is -0.480 e. The molecule has 1 saturated carbocycles. The number of hydrogen-bond acceptors (Lipinski definition) is 4. The van der Waals surface area contributed by atoms with Gasteiger partial charge >= 0.3 is 5.97 Å². The number of hydrogen-bond donors (Lipinski definition) is 2. The number of thiophene rings is 1. The van der Waals surface area contributed by atoms with Crippen LogP contribution in [0.2, 0.25) is 0 Å². The first-order valence-corrected chi connectivity index (χ1v) is 7.80. The van der Waals surface area contributed by atoms with Crippen LogP contribution in [0.5, 0.6) is 0 Å². The summed E-state index contributed by atoms with van der Waals surface area (Å²) in [7, 11) is 0. The second-order valence-corrected chi connectivity index (χ2v) is 7.00. The van der Waals surface area contributed by atoms with Crippen molar-refractivity contribution in [2.75, 3.05) is 0 Å². The van der Waals surface area contributed by atoms with E-state index in [0.29, 0.717) is 18.4 Å². The zero-order valence-electron chi connectivity index (χ0n) is 12.2. The van der Waals surface area contributed by atoms with Crippen LogP contribution in [0.15, 0.2) is 6.07 Å². The number of carbonyl (C=O) groups excluding carboxylic acids is 2. The second kappa shape index (κ2) is 5.97. The Morgan fingerprint density at radius 3 is 2.38 bits per heavy atom. The van der Waals surface area contributed by atoms with Crippen LogP contribution < -0.4 is 5.32 Å². The van der Waals surface area contributed by atoms with Crippen LogP contribution in [-0.4, -0.2) is 28.3 Å². The minimum absolute atomic E-state index is 0.0300. The number of rotatable bonds is 6. The van der Waals surface area contributed by atoms with E-state index in [1.165, 1.54) is 0 Å². The van der Waals surface area contributed by atoms with E-state index >= 15 is 0 Å². The number of Topliss-reactive ketones (excluding diaryl/α,β-unsaturated/α-hetero) is 1. The Morgan fingerprint density at radius 2 is 1.95 bits per heavy atom. The lowest BCUT2D eigenvalue weighted by molar-refractivity contribution is -0.151. The summed E-state index contributed by atoms with van der Waals surface area (Å²) in [5.74, 6) is -1.42. The van der Waals surface area contributed by atoms with E-state index in [1.54, 1.807) is 11.3 Å². The Morgan fingerprint density at radius 1 is 1.29 bits per heavy atom. The molecule has 0 saturated heterocycles. The molecule has 5 nitrogen and oxygen atoms in total. The highest BCUT2D eigenvalue weighted by Crippen LogP contribution is 2.32. The highest BCUT2D eigenvalue weighted by Gasteiger charge is 2.45. The first-order chi connectivity index (χ1) is 9.84. The molecule has 0 atom stereocenters. The second-order valence-electron chi connectivity index (χ2n) is 5.54. The van der Waals surface area contributed by atoms with Crippen molar-refractivity contribution in [2.24, 2.45) is 0 Å². The van der Waals surface area contributed by atoms with Crippen LogP contribution in [0.4, 0.5) is 0 Å². The predicted molar refractivity (Wildman–Crippen MR) is 79.7 cm³/mol. The Hall–Kier alpha value is -1.69. The van der Waals surface area contributed by atoms with Crippen LogP contribution in [-0.2, 0) is 9.59 Å². The summed E-state index contributed by atoms with van der Waals surface area (Å²) in [6.45, 7) is 3.83. The fourth-order valence-electron chi connectivity index (χ4n) is 2.52. The number of amides is 1. The molecule has 1 aromatic heterocycles. The number of carboxylic acids is 1. The molecule has 1 aliphatic rings. The van der Waals surface area contributed by atoms with E-state index in [0.717, 1.165) is 16.2 Å². The molecule has 0 bridgehead atoms. The van der Waals surface area contributed by atoms with Crippen LogP contribution in [0, 0.1) is 13.8 Å². The van der Waals surface area contributed by atoms with Gasteiger partial charge in [0.2, 0.25) is 5.91 Å². The lowest BCUT2D eigenvalue weighted by atomic mass is 9.76. The van der Waals surface area contributed by atoms with Crippen molar-refractivity contribution >= 4 is 29.0 Å². The van der Waals surface area contributed by atoms with E-state index in [2.05, 4.69) is 5.32 Å². The quantitative estimate of drug-likeness (QED) is 0.791. The van der Waals surface area contributed by atoms with Gasteiger partial charge < -0.3 is 10.4 Å². The largest absolute Gasteiger partial charge is 0.480 e. The van der Waals surface area contributed by atoms with Crippen molar-refractivity contribution in [1.82, 2.24) is 5.32 Å². The van der Waals surface area contributed by atoms with Gasteiger partial charge in [-0.2, -0.15) is 0 Å². The molecule has 1 aliphatic carbocycles. The van der Waals surface area contributed by atoms with Crippen molar-refractivity contribution in [1.29, 1.82) is 0 Å². The highest BCUT2D eigenvalue weighted by molar-refractivity contribution is 7.12. The van der Waals surface area contributed by atoms with Crippen LogP contribution in [0.3, 0.4) is 0 Å². The van der Waals surface area contributed by atoms with Crippen molar-refractivity contribution in [3.8, 4) is 0 Å². The Labute approximate surface area is 127 Å². The molecule has 0 spiro atoms. The molecule has 1 fully saturated rings. The van der Waals surface area contributed by atoms with Gasteiger partial charge in [-0.25, -0.2) is 4.79 Å². The summed E-state index contributed by atoms with van der Waals surface area (Å²) >= 11 is 1.56. The monoisotopic (exact) mass is 309 g/mol. The van der Waals surface area contributed by atoms with E-state index in [-0.39, 0.29) is 24.5 Å². The number of carbonyl (C=O) groups is 3. The molecule has 0 radical (unpaired) electrons. The van der Waals surface area contributed by atoms with Gasteiger partial charge in [0.15, 0.2) is 5.78 Å². The van der Waals surface area contributed by atoms with E-state index in [9.17, 15) is 14.4 Å². The van der Waals surface area contributed by atoms with Gasteiger partial charge in [-0.05, 0) is 39.2 Å². The molecule has 21 heavy (non-hydrogen) atoms. The summed E-state index contributed by atoms with van der Waals surface area (Å²) in [6.07, 6.45) is 1.87. The number of nitrogens with one attached hydrogen (secondary N) is 1. The van der Waals surface area contributed by atoms with Crippen molar-refractivity contribution in [2.45, 2.75) is 51.5 Å². The smallest absolute Gasteiger partial charge is 0.329 e. The summed E-state index contributed by atoms with van der Waals surface area (Å²) in [5, 5.41) is 11.7. The number of aryl methyl sites for hydroxylation is 2. The third-order valence-corrected chi connectivity index (χ3v) is 4.88. The molecule has 1 amide bonds. The maximum Gasteiger partial charge on any atom is 0.329 e. The SMILES string of the molecule is Cc1cc(C(=O)CCC(=O)NC2(C(=O)O)CCC2)c(C)s1. The standard InChI is InChI=1S/C15H19NO4S/c1-9-8-11(10(2)21-9)12(17)4-5-13(18)16-15(14(19)20)6-3-7-15/h8H,3-7H2,1-2H3,(H,16,18)(H,19,20). The van der Waals surface area contributed by atoms with Gasteiger partial charge in [-0.3, -0.25) is 9.59 Å². The van der Waals surface area contributed by atoms with Crippen molar-refractivity contribution in [3.63, 3.8) is 0 Å². The van der Waals surface area contributed by atoms with Crippen LogP contribution in [0.25, 0.3) is 0 Å². The zero-order valence-corrected chi connectivity index (χ0v) is 13.0. The summed E-state index contributed by atoms with van der Waals surface area (Å²) in [4.78, 5) is 37.1. The van der Waals surface area contributed by atoms with E-state index < -0.39 is 11.5 Å². The average Bonchev–Trinajstić information content (AvgIpc) is 2.69. The first-order valence-electron chi connectivity index (χ1n) is 6.99. The molecule has 0 unspecified atom stereocenters. The van der Waals surface area contributed by atoms with Crippen LogP contribution >= 0.6 is 11.3 Å². The van der Waals surface area contributed by atoms with E-state index in [1.807, 2.05) is 19.9 Å². The number of ketones is 1. The Balaban J connectivity index is 1.88. The van der Waals surface area contributed by atoms with Crippen molar-refractivity contribution < 1.29 is 19.5 Å². The molecule has 1 heterocycles. The fourth-order valence-corrected chi connectivity index (χ4v) is 3.46. The molecular formula is C15H19NO4S. The van der Waals surface area contributed by atoms with Crippen LogP contribution in [0.1, 0.15) is 52.2 Å². The molecule has 114 valence electrons. The average molecular weight is 309 g/mol. The maximum atomic E-state index is 12.1. The number of aliphatic carboxylic acids is 1. The molecule has 0 aliphatic heterocycles. The van der Waals surface area contributed by atoms with Gasteiger partial charge in [0, 0.05) is 28.2 Å². The minimum atomic E-state index is -1.10. The Kier molecular flexibility index (Phi) is 4.46. The zero-order chi connectivity index (χ0) is 15.6. The molecule has 6 heteroatoms. The predicted octanol–water partition coefficient (Wildman–Crippen LogP) is 2.45. The molecule has 2 N–H and O–H groups in total. The highest BCUT2D eigenvalue weighted by atomic mass is 32.1. The Bertz CT molecular complexity index is 586. The van der Waals surface area contributed by atoms with E-state index in [4.69, 9.17) is 5.11 Å². The lowest BCUT2D eigenvalue weighted by Crippen LogP contribution is -2.59. The molecule has 1 aromatic rings. The van der Waals surface area contributed by atoms with Crippen molar-refractivity contribution in [3.05, 3.63) is 21.4 Å². The summed E-state index contributed by atoms with van der Waals surface area (Å²) in [6, 6.07) is 1.84. The fraction of sp³-hybridized carbons (Fsp3) is 0.533. The molecule has 0 aromatic carbocycles. The molecule has 2 rings (SSSR count). The normalized spacial score (nSPS) is 16.1. The summed E-state index contributed by atoms with van der Waals surface area (Å²) < 4.78 is 0. The van der Waals surface area contributed by atoms with Gasteiger partial charge in [-0.15, -0.1) is 11.3 Å². The van der Waals surface area contributed by atoms with Gasteiger partial charge in [-0.1, -0.05) is 0 Å². The summed E-state index contributed by atoms with van der Waals surface area (Å²) in [5.41, 5.74) is -0.434. The first kappa shape index (κ1) is 15.7. The van der Waals surface area contributed by atoms with Gasteiger partial charge in [0.05, 0.1) is 0 Å². The third kappa shape index (κ3) is 3.32. The molecular weight excluding hydrogens is 290 g/mol. The lowest BCUT2D eigenvalue weighted by Gasteiger charge is -2.38. The third-order valence-electron chi connectivity index (χ3n) is 3.92.